The van der Waals surface area contributed by atoms with E-state index in [2.05, 4.69) is 0 Å². The van der Waals surface area contributed by atoms with Crippen LogP contribution in [-0.4, -0.2) is 43.6 Å². The smallest absolute Gasteiger partial charge is 0.310 e. The largest absolute Gasteiger partial charge is 0.497 e. The zero-order chi connectivity index (χ0) is 21.1. The molecule has 1 aliphatic rings. The van der Waals surface area contributed by atoms with Gasteiger partial charge in [0.05, 0.1) is 25.7 Å². The van der Waals surface area contributed by atoms with Crippen molar-refractivity contribution in [3.63, 3.8) is 0 Å². The number of nitrogens with zero attached hydrogens (tertiary/aromatic N) is 1. The fourth-order valence-electron chi connectivity index (χ4n) is 3.22. The Morgan fingerprint density at radius 1 is 1.10 bits per heavy atom. The molecule has 0 N–H and O–H groups in total. The Morgan fingerprint density at radius 2 is 1.83 bits per heavy atom. The summed E-state index contributed by atoms with van der Waals surface area (Å²) in [6, 6.07) is 8.30. The predicted octanol–water partition coefficient (Wildman–Crippen LogP) is 4.05. The minimum Gasteiger partial charge on any atom is -0.497 e. The van der Waals surface area contributed by atoms with E-state index in [9.17, 15) is 18.4 Å². The highest BCUT2D eigenvalue weighted by Crippen LogP contribution is 2.31. The number of hydrogen-bond acceptors (Lipinski definition) is 4. The van der Waals surface area contributed by atoms with Crippen molar-refractivity contribution in [3.8, 4) is 16.9 Å². The topological polar surface area (TPSA) is 55.8 Å². The molecule has 1 fully saturated rings. The fraction of sp³-hybridized carbons (Fsp3) is 0.364. The minimum absolute atomic E-state index is 0.00675. The van der Waals surface area contributed by atoms with Crippen LogP contribution in [0.3, 0.4) is 0 Å². The maximum absolute atomic E-state index is 14.8. The number of hydrogen-bond donors (Lipinski definition) is 0. The van der Waals surface area contributed by atoms with Crippen LogP contribution < -0.4 is 4.74 Å². The molecule has 0 aromatic heterocycles. The maximum Gasteiger partial charge on any atom is 0.310 e. The first-order valence-corrected chi connectivity index (χ1v) is 9.38. The van der Waals surface area contributed by atoms with Crippen molar-refractivity contribution in [1.82, 2.24) is 4.90 Å². The highest BCUT2D eigenvalue weighted by Gasteiger charge is 2.36. The van der Waals surface area contributed by atoms with Gasteiger partial charge < -0.3 is 14.4 Å². The molecule has 1 amide bonds. The number of ether oxygens (including phenoxy) is 2. The molecule has 0 aliphatic heterocycles. The van der Waals surface area contributed by atoms with Crippen LogP contribution in [0.2, 0.25) is 0 Å². The molecule has 0 spiro atoms. The summed E-state index contributed by atoms with van der Waals surface area (Å²) in [5.41, 5.74) is 0.425. The number of benzene rings is 2. The highest BCUT2D eigenvalue weighted by atomic mass is 19.1. The lowest BCUT2D eigenvalue weighted by Crippen LogP contribution is -2.39. The van der Waals surface area contributed by atoms with E-state index in [1.807, 2.05) is 0 Å². The van der Waals surface area contributed by atoms with Gasteiger partial charge in [0.1, 0.15) is 17.4 Å². The molecule has 0 unspecified atom stereocenters. The molecule has 1 aliphatic carbocycles. The Morgan fingerprint density at radius 3 is 2.38 bits per heavy atom. The van der Waals surface area contributed by atoms with Gasteiger partial charge in [0.2, 0.25) is 0 Å². The second kappa shape index (κ2) is 8.59. The van der Waals surface area contributed by atoms with E-state index in [1.165, 1.54) is 43.4 Å². The summed E-state index contributed by atoms with van der Waals surface area (Å²) in [6.45, 7) is 1.82. The van der Waals surface area contributed by atoms with Crippen molar-refractivity contribution in [1.29, 1.82) is 0 Å². The van der Waals surface area contributed by atoms with Gasteiger partial charge in [-0.2, -0.15) is 0 Å². The lowest BCUT2D eigenvalue weighted by molar-refractivity contribution is -0.145. The summed E-state index contributed by atoms with van der Waals surface area (Å²) in [4.78, 5) is 26.2. The van der Waals surface area contributed by atoms with Gasteiger partial charge in [-0.25, -0.2) is 8.78 Å². The number of rotatable bonds is 7. The molecule has 1 saturated carbocycles. The summed E-state index contributed by atoms with van der Waals surface area (Å²) in [6.07, 6.45) is 1.63. The van der Waals surface area contributed by atoms with Gasteiger partial charge in [0.15, 0.2) is 0 Å². The van der Waals surface area contributed by atoms with Crippen molar-refractivity contribution < 1.29 is 27.8 Å². The summed E-state index contributed by atoms with van der Waals surface area (Å²) in [7, 11) is 2.72. The third-order valence-corrected chi connectivity index (χ3v) is 5.01. The average Bonchev–Trinajstić information content (AvgIpc) is 3.55. The molecule has 3 rings (SSSR count). The Bertz CT molecular complexity index is 927. The first kappa shape index (κ1) is 20.8. The number of carbonyl (C=O) groups excluding carboxylic acids is 2. The van der Waals surface area contributed by atoms with Gasteiger partial charge in [0, 0.05) is 24.2 Å². The molecule has 154 valence electrons. The van der Waals surface area contributed by atoms with Crippen LogP contribution in [0, 0.1) is 17.6 Å². The number of amides is 1. The predicted molar refractivity (Wildman–Crippen MR) is 104 cm³/mol. The SMILES string of the molecule is COC(=O)[C@@H](C)CN(C(=O)c1ccc(-c2ccc(OC)cc2F)cc1F)C1CC1. The molecule has 2 aromatic rings. The van der Waals surface area contributed by atoms with Crippen LogP contribution in [0.15, 0.2) is 36.4 Å². The number of methoxy groups -OCH3 is 2. The highest BCUT2D eigenvalue weighted by molar-refractivity contribution is 5.95. The van der Waals surface area contributed by atoms with Crippen molar-refractivity contribution in [3.05, 3.63) is 53.6 Å². The van der Waals surface area contributed by atoms with Crippen LogP contribution in [0.5, 0.6) is 5.75 Å². The quantitative estimate of drug-likeness (QED) is 0.655. The number of carbonyl (C=O) groups is 2. The first-order valence-electron chi connectivity index (χ1n) is 9.38. The molecular formula is C22H23F2NO4. The second-order valence-electron chi connectivity index (χ2n) is 7.15. The Hall–Kier alpha value is -2.96. The van der Waals surface area contributed by atoms with E-state index in [-0.39, 0.29) is 23.7 Å². The number of esters is 1. The summed E-state index contributed by atoms with van der Waals surface area (Å²) in [5.74, 6) is -2.34. The van der Waals surface area contributed by atoms with Crippen LogP contribution in [0.4, 0.5) is 8.78 Å². The molecule has 7 heteroatoms. The van der Waals surface area contributed by atoms with E-state index < -0.39 is 29.4 Å². The summed E-state index contributed by atoms with van der Waals surface area (Å²) in [5, 5.41) is 0. The Kier molecular flexibility index (Phi) is 6.15. The van der Waals surface area contributed by atoms with Crippen molar-refractivity contribution >= 4 is 11.9 Å². The van der Waals surface area contributed by atoms with Crippen molar-refractivity contribution in [2.24, 2.45) is 5.92 Å². The third kappa shape index (κ3) is 4.55. The fourth-order valence-corrected chi connectivity index (χ4v) is 3.22. The van der Waals surface area contributed by atoms with E-state index >= 15 is 0 Å². The van der Waals surface area contributed by atoms with E-state index in [0.717, 1.165) is 18.9 Å². The molecule has 0 radical (unpaired) electrons. The minimum atomic E-state index is -0.737. The van der Waals surface area contributed by atoms with Crippen molar-refractivity contribution in [2.75, 3.05) is 20.8 Å². The molecule has 0 heterocycles. The zero-order valence-corrected chi connectivity index (χ0v) is 16.6. The Balaban J connectivity index is 1.85. The maximum atomic E-state index is 14.8. The molecule has 0 saturated heterocycles. The normalized spacial score (nSPS) is 14.2. The Labute approximate surface area is 168 Å². The van der Waals surface area contributed by atoms with Crippen molar-refractivity contribution in [2.45, 2.75) is 25.8 Å². The monoisotopic (exact) mass is 403 g/mol. The molecule has 1 atom stereocenters. The van der Waals surface area contributed by atoms with Crippen LogP contribution in [-0.2, 0) is 9.53 Å². The molecule has 5 nitrogen and oxygen atoms in total. The van der Waals surface area contributed by atoms with Gasteiger partial charge in [-0.1, -0.05) is 13.0 Å². The van der Waals surface area contributed by atoms with Gasteiger partial charge in [-0.05, 0) is 42.7 Å². The lowest BCUT2D eigenvalue weighted by atomic mass is 10.0. The lowest BCUT2D eigenvalue weighted by Gasteiger charge is -2.25. The zero-order valence-electron chi connectivity index (χ0n) is 16.6. The van der Waals surface area contributed by atoms with Crippen LogP contribution >= 0.6 is 0 Å². The van der Waals surface area contributed by atoms with E-state index in [1.54, 1.807) is 13.0 Å². The molecule has 0 bridgehead atoms. The van der Waals surface area contributed by atoms with E-state index in [0.29, 0.717) is 11.3 Å². The van der Waals surface area contributed by atoms with Gasteiger partial charge in [0.25, 0.3) is 5.91 Å². The van der Waals surface area contributed by atoms with Gasteiger partial charge in [-0.15, -0.1) is 0 Å². The molecular weight excluding hydrogens is 380 g/mol. The summed E-state index contributed by atoms with van der Waals surface area (Å²) < 4.78 is 38.8. The van der Waals surface area contributed by atoms with Gasteiger partial charge >= 0.3 is 5.97 Å². The molecule has 2 aromatic carbocycles. The average molecular weight is 403 g/mol. The standard InChI is InChI=1S/C22H23F2NO4/c1-13(22(27)29-3)12-25(15-5-6-15)21(26)18-8-4-14(10-19(18)23)17-9-7-16(28-2)11-20(17)24/h4,7-11,13,15H,5-6,12H2,1-3H3/t13-/m0/s1. The van der Waals surface area contributed by atoms with Gasteiger partial charge in [-0.3, -0.25) is 9.59 Å². The molecule has 29 heavy (non-hydrogen) atoms. The second-order valence-corrected chi connectivity index (χ2v) is 7.15. The van der Waals surface area contributed by atoms with Crippen LogP contribution in [0.1, 0.15) is 30.1 Å². The third-order valence-electron chi connectivity index (χ3n) is 5.01. The van der Waals surface area contributed by atoms with Crippen LogP contribution in [0.25, 0.3) is 11.1 Å². The van der Waals surface area contributed by atoms with E-state index in [4.69, 9.17) is 9.47 Å². The first-order chi connectivity index (χ1) is 13.8. The number of halogens is 2. The summed E-state index contributed by atoms with van der Waals surface area (Å²) >= 11 is 0.